The number of hydrogen-bond donors (Lipinski definition) is 1. The zero-order valence-corrected chi connectivity index (χ0v) is 36.3. The molecule has 7 rings (SSSR count). The molecule has 1 N–H and O–H groups in total. The summed E-state index contributed by atoms with van der Waals surface area (Å²) >= 11 is 0. The van der Waals surface area contributed by atoms with E-state index in [9.17, 15) is 9.90 Å². The standard InChI is InChI=1S/C52H56N2O6Si/c1-52(2,3)61(45-30-18-8-19-31-45,46-32-20-9-21-33-46)60-39-47(53(35-41-24-12-5-13-25-41)36-42-26-14-6-15-27-42)48(55)49(58-37-43-28-16-7-17-29-43)50(56)54-44(38-59-51(54)57)34-40-22-10-4-11-23-40/h4-33,44,47-49,55H,34-39H2,1-3H3/t44-,47+,48+,49-/m0/s1. The number of ether oxygens (including phenoxy) is 2. The molecule has 314 valence electrons. The number of carbonyl (C=O) groups excluding carboxylic acids is 2. The predicted molar refractivity (Wildman–Crippen MR) is 243 cm³/mol. The average molecular weight is 833 g/mol. The molecule has 1 aliphatic rings. The molecule has 8 nitrogen and oxygen atoms in total. The zero-order chi connectivity index (χ0) is 42.7. The predicted octanol–water partition coefficient (Wildman–Crippen LogP) is 8.17. The molecule has 61 heavy (non-hydrogen) atoms. The Bertz CT molecular complexity index is 2180. The maximum absolute atomic E-state index is 15.2. The monoisotopic (exact) mass is 832 g/mol. The first-order valence-corrected chi connectivity index (χ1v) is 23.0. The Morgan fingerprint density at radius 1 is 0.689 bits per heavy atom. The Hall–Kier alpha value is -5.68. The number of aliphatic hydroxyl groups excluding tert-OH is 1. The fourth-order valence-electron chi connectivity index (χ4n) is 8.50. The molecular weight excluding hydrogens is 777 g/mol. The number of aliphatic hydroxyl groups is 1. The van der Waals surface area contributed by atoms with Gasteiger partial charge in [0, 0.05) is 13.1 Å². The van der Waals surface area contributed by atoms with Gasteiger partial charge in [-0.1, -0.05) is 203 Å². The first-order chi connectivity index (χ1) is 29.6. The number of hydrogen-bond acceptors (Lipinski definition) is 7. The molecule has 6 aromatic carbocycles. The lowest BCUT2D eigenvalue weighted by atomic mass is 9.99. The van der Waals surface area contributed by atoms with Crippen molar-refractivity contribution in [3.05, 3.63) is 204 Å². The van der Waals surface area contributed by atoms with Gasteiger partial charge in [-0.25, -0.2) is 9.69 Å². The van der Waals surface area contributed by atoms with Crippen molar-refractivity contribution in [2.75, 3.05) is 13.2 Å². The topological polar surface area (TPSA) is 88.5 Å². The second-order valence-corrected chi connectivity index (χ2v) is 21.1. The molecule has 0 aliphatic carbocycles. The van der Waals surface area contributed by atoms with E-state index in [0.717, 1.165) is 37.5 Å². The van der Waals surface area contributed by atoms with Crippen LogP contribution in [0.25, 0.3) is 0 Å². The van der Waals surface area contributed by atoms with E-state index in [-0.39, 0.29) is 24.9 Å². The third-order valence-corrected chi connectivity index (χ3v) is 16.6. The molecule has 6 aromatic rings. The Kier molecular flexibility index (Phi) is 14.4. The molecule has 9 heteroatoms. The van der Waals surface area contributed by atoms with Gasteiger partial charge in [0.05, 0.1) is 25.3 Å². The van der Waals surface area contributed by atoms with Crippen molar-refractivity contribution in [3.8, 4) is 0 Å². The van der Waals surface area contributed by atoms with Crippen molar-refractivity contribution in [3.63, 3.8) is 0 Å². The van der Waals surface area contributed by atoms with Crippen LogP contribution in [-0.4, -0.2) is 72.7 Å². The summed E-state index contributed by atoms with van der Waals surface area (Å²) in [6, 6.07) is 58.9. The average Bonchev–Trinajstić information content (AvgIpc) is 3.65. The zero-order valence-electron chi connectivity index (χ0n) is 35.3. The number of amides is 2. The molecule has 0 saturated carbocycles. The normalized spacial score (nSPS) is 15.9. The van der Waals surface area contributed by atoms with E-state index in [4.69, 9.17) is 13.9 Å². The van der Waals surface area contributed by atoms with Crippen LogP contribution in [0.4, 0.5) is 4.79 Å². The summed E-state index contributed by atoms with van der Waals surface area (Å²) in [5.41, 5.74) is 3.84. The van der Waals surface area contributed by atoms with Gasteiger partial charge in [-0.15, -0.1) is 0 Å². The number of rotatable bonds is 18. The van der Waals surface area contributed by atoms with Crippen LogP contribution in [0, 0.1) is 0 Å². The highest BCUT2D eigenvalue weighted by Crippen LogP contribution is 2.37. The van der Waals surface area contributed by atoms with Crippen molar-refractivity contribution >= 4 is 30.7 Å². The Morgan fingerprint density at radius 3 is 1.57 bits per heavy atom. The minimum atomic E-state index is -3.16. The van der Waals surface area contributed by atoms with E-state index in [0.29, 0.717) is 19.5 Å². The number of nitrogens with zero attached hydrogens (tertiary/aromatic N) is 2. The highest BCUT2D eigenvalue weighted by molar-refractivity contribution is 6.99. The Labute approximate surface area is 361 Å². The summed E-state index contributed by atoms with van der Waals surface area (Å²) in [4.78, 5) is 32.1. The summed E-state index contributed by atoms with van der Waals surface area (Å²) in [6.07, 6.45) is -3.29. The highest BCUT2D eigenvalue weighted by Gasteiger charge is 2.52. The minimum Gasteiger partial charge on any atom is -0.447 e. The molecule has 0 radical (unpaired) electrons. The molecule has 1 aliphatic heterocycles. The third kappa shape index (κ3) is 10.4. The van der Waals surface area contributed by atoms with Gasteiger partial charge in [-0.05, 0) is 44.1 Å². The fourth-order valence-corrected chi connectivity index (χ4v) is 13.1. The third-order valence-electron chi connectivity index (χ3n) is 11.5. The number of cyclic esters (lactones) is 1. The lowest BCUT2D eigenvalue weighted by Gasteiger charge is -2.45. The quantitative estimate of drug-likeness (QED) is 0.0875. The van der Waals surface area contributed by atoms with Gasteiger partial charge in [0.25, 0.3) is 14.2 Å². The van der Waals surface area contributed by atoms with Crippen molar-refractivity contribution < 1.29 is 28.6 Å². The summed E-state index contributed by atoms with van der Waals surface area (Å²) in [7, 11) is -3.16. The van der Waals surface area contributed by atoms with Gasteiger partial charge in [0.15, 0.2) is 6.10 Å². The first kappa shape index (κ1) is 43.4. The van der Waals surface area contributed by atoms with Crippen molar-refractivity contribution in [1.29, 1.82) is 0 Å². The van der Waals surface area contributed by atoms with Crippen LogP contribution >= 0.6 is 0 Å². The van der Waals surface area contributed by atoms with Gasteiger partial charge >= 0.3 is 6.09 Å². The van der Waals surface area contributed by atoms with Gasteiger partial charge in [-0.3, -0.25) is 9.69 Å². The fraction of sp³-hybridized carbons (Fsp3) is 0.269. The van der Waals surface area contributed by atoms with Crippen LogP contribution in [0.1, 0.15) is 43.0 Å². The second kappa shape index (κ2) is 20.3. The second-order valence-electron chi connectivity index (χ2n) is 16.8. The molecule has 0 spiro atoms. The van der Waals surface area contributed by atoms with E-state index in [1.807, 2.05) is 133 Å². The van der Waals surface area contributed by atoms with Gasteiger partial charge < -0.3 is 19.0 Å². The summed E-state index contributed by atoms with van der Waals surface area (Å²) in [5, 5.41) is 15.0. The van der Waals surface area contributed by atoms with Gasteiger partial charge in [0.1, 0.15) is 12.7 Å². The Balaban J connectivity index is 1.34. The SMILES string of the molecule is CC(C)(C)[Si](OC[C@H]([C@@H](O)[C@H](OCc1ccccc1)C(=O)N1C(=O)OC[C@@H]1Cc1ccccc1)N(Cc1ccccc1)Cc1ccccc1)(c1ccccc1)c1ccccc1. The summed E-state index contributed by atoms with van der Waals surface area (Å²) in [5.74, 6) is -0.651. The Morgan fingerprint density at radius 2 is 1.11 bits per heavy atom. The maximum atomic E-state index is 15.2. The molecule has 0 unspecified atom stereocenters. The molecule has 2 amide bonds. The molecule has 0 aromatic heterocycles. The lowest BCUT2D eigenvalue weighted by molar-refractivity contribution is -0.157. The van der Waals surface area contributed by atoms with Crippen LogP contribution < -0.4 is 10.4 Å². The van der Waals surface area contributed by atoms with Crippen molar-refractivity contribution in [2.24, 2.45) is 0 Å². The van der Waals surface area contributed by atoms with Crippen LogP contribution in [0.3, 0.4) is 0 Å². The maximum Gasteiger partial charge on any atom is 0.417 e. The first-order valence-electron chi connectivity index (χ1n) is 21.1. The summed E-state index contributed by atoms with van der Waals surface area (Å²) < 4.78 is 19.8. The smallest absolute Gasteiger partial charge is 0.417 e. The number of benzene rings is 6. The van der Waals surface area contributed by atoms with E-state index in [1.165, 1.54) is 0 Å². The molecule has 0 bridgehead atoms. The van der Waals surface area contributed by atoms with E-state index < -0.39 is 44.6 Å². The van der Waals surface area contributed by atoms with E-state index in [1.54, 1.807) is 0 Å². The number of carbonyl (C=O) groups is 2. The lowest BCUT2D eigenvalue weighted by Crippen LogP contribution is -2.68. The largest absolute Gasteiger partial charge is 0.447 e. The van der Waals surface area contributed by atoms with E-state index in [2.05, 4.69) is 74.2 Å². The van der Waals surface area contributed by atoms with Crippen LogP contribution in [-0.2, 0) is 44.8 Å². The van der Waals surface area contributed by atoms with Gasteiger partial charge in [-0.2, -0.15) is 0 Å². The number of imide groups is 1. The van der Waals surface area contributed by atoms with E-state index >= 15 is 4.79 Å². The molecule has 1 fully saturated rings. The van der Waals surface area contributed by atoms with Gasteiger partial charge in [0.2, 0.25) is 0 Å². The van der Waals surface area contributed by atoms with Crippen molar-refractivity contribution in [2.45, 2.75) is 76.2 Å². The van der Waals surface area contributed by atoms with Crippen LogP contribution in [0.2, 0.25) is 5.04 Å². The minimum absolute atomic E-state index is 0.0280. The summed E-state index contributed by atoms with van der Waals surface area (Å²) in [6.45, 7) is 7.64. The molecule has 1 saturated heterocycles. The van der Waals surface area contributed by atoms with Crippen LogP contribution in [0.5, 0.6) is 0 Å². The molecular formula is C52H56N2O6Si. The molecule has 4 atom stereocenters. The highest BCUT2D eigenvalue weighted by atomic mass is 28.4. The van der Waals surface area contributed by atoms with Crippen molar-refractivity contribution in [1.82, 2.24) is 9.80 Å². The van der Waals surface area contributed by atoms with Crippen LogP contribution in [0.15, 0.2) is 182 Å². The molecule has 1 heterocycles.